The summed E-state index contributed by atoms with van der Waals surface area (Å²) in [4.78, 5) is 33.4. The van der Waals surface area contributed by atoms with Gasteiger partial charge in [0.2, 0.25) is 5.88 Å². The zero-order valence-electron chi connectivity index (χ0n) is 17.5. The standard InChI is InChI=1S/C25H17ClFN3O3S/c26-15-4-3-5-17(12-15)30-24(32)22(23(31)29-25(30)33)19-13-21(14-8-10-16(27)11-9-14)34-20-7-2-1-6-18(20)28-19/h1-12,21,32H,13H2,(H,29,31,33). The van der Waals surface area contributed by atoms with Crippen LogP contribution in [0.25, 0.3) is 5.69 Å². The third kappa shape index (κ3) is 4.18. The first-order valence-corrected chi connectivity index (χ1v) is 11.6. The Morgan fingerprint density at radius 2 is 1.82 bits per heavy atom. The summed E-state index contributed by atoms with van der Waals surface area (Å²) >= 11 is 7.61. The van der Waals surface area contributed by atoms with Gasteiger partial charge in [-0.3, -0.25) is 14.8 Å². The maximum atomic E-state index is 13.5. The van der Waals surface area contributed by atoms with Gasteiger partial charge >= 0.3 is 5.69 Å². The van der Waals surface area contributed by atoms with Gasteiger partial charge in [0.25, 0.3) is 5.56 Å². The first kappa shape index (κ1) is 22.2. The number of aromatic hydroxyl groups is 1. The van der Waals surface area contributed by atoms with Gasteiger partial charge < -0.3 is 5.11 Å². The number of halogens is 2. The average molecular weight is 494 g/mol. The molecule has 4 aromatic rings. The van der Waals surface area contributed by atoms with Crippen molar-refractivity contribution < 1.29 is 9.50 Å². The van der Waals surface area contributed by atoms with Crippen molar-refractivity contribution in [2.75, 3.05) is 0 Å². The number of H-pyrrole nitrogens is 1. The van der Waals surface area contributed by atoms with Gasteiger partial charge in [-0.25, -0.2) is 13.8 Å². The molecule has 170 valence electrons. The Labute approximate surface area is 202 Å². The van der Waals surface area contributed by atoms with Crippen molar-refractivity contribution in [3.8, 4) is 11.6 Å². The van der Waals surface area contributed by atoms with E-state index in [2.05, 4.69) is 4.98 Å². The van der Waals surface area contributed by atoms with Crippen LogP contribution in [0.2, 0.25) is 5.02 Å². The second kappa shape index (κ2) is 8.96. The fraction of sp³-hybridized carbons (Fsp3) is 0.0800. The number of nitrogens with zero attached hydrogens (tertiary/aromatic N) is 2. The molecule has 0 aliphatic carbocycles. The topological polar surface area (TPSA) is 87.5 Å². The highest BCUT2D eigenvalue weighted by molar-refractivity contribution is 7.99. The second-order valence-corrected chi connectivity index (χ2v) is 9.34. The van der Waals surface area contributed by atoms with Crippen LogP contribution in [0.4, 0.5) is 10.1 Å². The summed E-state index contributed by atoms with van der Waals surface area (Å²) in [5, 5.41) is 11.3. The quantitative estimate of drug-likeness (QED) is 0.401. The van der Waals surface area contributed by atoms with Gasteiger partial charge in [-0.05, 0) is 48.0 Å². The van der Waals surface area contributed by atoms with Crippen molar-refractivity contribution in [2.45, 2.75) is 16.6 Å². The minimum Gasteiger partial charge on any atom is -0.493 e. The van der Waals surface area contributed by atoms with Gasteiger partial charge in [-0.1, -0.05) is 41.9 Å². The van der Waals surface area contributed by atoms with Crippen molar-refractivity contribution in [1.29, 1.82) is 0 Å². The maximum absolute atomic E-state index is 13.5. The van der Waals surface area contributed by atoms with E-state index in [0.29, 0.717) is 22.1 Å². The van der Waals surface area contributed by atoms with Crippen LogP contribution in [0, 0.1) is 5.82 Å². The van der Waals surface area contributed by atoms with E-state index in [4.69, 9.17) is 16.6 Å². The fourth-order valence-electron chi connectivity index (χ4n) is 3.87. The molecule has 34 heavy (non-hydrogen) atoms. The summed E-state index contributed by atoms with van der Waals surface area (Å²) in [5.41, 5.74) is 0.424. The summed E-state index contributed by atoms with van der Waals surface area (Å²) < 4.78 is 14.5. The van der Waals surface area contributed by atoms with E-state index in [1.54, 1.807) is 30.3 Å². The van der Waals surface area contributed by atoms with Gasteiger partial charge in [0.15, 0.2) is 0 Å². The Morgan fingerprint density at radius 1 is 1.06 bits per heavy atom. The molecular formula is C25H17ClFN3O3S. The summed E-state index contributed by atoms with van der Waals surface area (Å²) in [6.07, 6.45) is 0.259. The normalized spacial score (nSPS) is 15.4. The highest BCUT2D eigenvalue weighted by atomic mass is 35.5. The van der Waals surface area contributed by atoms with Gasteiger partial charge in [-0.2, -0.15) is 0 Å². The molecule has 0 amide bonds. The van der Waals surface area contributed by atoms with Crippen LogP contribution in [-0.2, 0) is 0 Å². The largest absolute Gasteiger partial charge is 0.493 e. The second-order valence-electron chi connectivity index (χ2n) is 7.66. The Kier molecular flexibility index (Phi) is 5.85. The number of fused-ring (bicyclic) bond motifs is 1. The number of para-hydroxylation sites is 1. The van der Waals surface area contributed by atoms with E-state index in [1.807, 2.05) is 24.3 Å². The number of hydrogen-bond acceptors (Lipinski definition) is 5. The summed E-state index contributed by atoms with van der Waals surface area (Å²) in [6.45, 7) is 0. The molecule has 5 rings (SSSR count). The van der Waals surface area contributed by atoms with Crippen LogP contribution in [0.15, 0.2) is 92.3 Å². The summed E-state index contributed by atoms with van der Waals surface area (Å²) in [6, 6.07) is 20.0. The van der Waals surface area contributed by atoms with Crippen molar-refractivity contribution >= 4 is 34.8 Å². The van der Waals surface area contributed by atoms with E-state index in [0.717, 1.165) is 15.0 Å². The molecule has 0 fully saturated rings. The van der Waals surface area contributed by atoms with E-state index < -0.39 is 17.1 Å². The molecule has 3 aromatic carbocycles. The van der Waals surface area contributed by atoms with Crippen LogP contribution in [0.1, 0.15) is 22.8 Å². The highest BCUT2D eigenvalue weighted by Gasteiger charge is 2.27. The fourth-order valence-corrected chi connectivity index (χ4v) is 5.29. The molecule has 0 saturated heterocycles. The van der Waals surface area contributed by atoms with E-state index in [9.17, 15) is 19.1 Å². The van der Waals surface area contributed by atoms with Crippen LogP contribution >= 0.6 is 23.4 Å². The molecule has 9 heteroatoms. The van der Waals surface area contributed by atoms with Crippen LogP contribution in [-0.4, -0.2) is 20.4 Å². The monoisotopic (exact) mass is 493 g/mol. The average Bonchev–Trinajstić information content (AvgIpc) is 2.99. The summed E-state index contributed by atoms with van der Waals surface area (Å²) in [7, 11) is 0. The number of aliphatic imine (C=N–C) groups is 1. The SMILES string of the molecule is O=c1[nH]c(=O)n(-c2cccc(Cl)c2)c(O)c1C1=Nc2ccccc2SC(c2ccc(F)cc2)C1. The number of rotatable bonds is 3. The van der Waals surface area contributed by atoms with Crippen molar-refractivity contribution in [3.05, 3.63) is 116 Å². The summed E-state index contributed by atoms with van der Waals surface area (Å²) in [5.74, 6) is -0.878. The number of thioether (sulfide) groups is 1. The third-order valence-corrected chi connectivity index (χ3v) is 7.01. The van der Waals surface area contributed by atoms with Crippen LogP contribution in [0.5, 0.6) is 5.88 Å². The van der Waals surface area contributed by atoms with Crippen molar-refractivity contribution in [2.24, 2.45) is 4.99 Å². The Morgan fingerprint density at radius 3 is 2.59 bits per heavy atom. The molecule has 1 unspecified atom stereocenters. The highest BCUT2D eigenvalue weighted by Crippen LogP contribution is 2.45. The molecule has 0 spiro atoms. The molecule has 1 aliphatic rings. The molecule has 1 aliphatic heterocycles. The number of hydrogen-bond donors (Lipinski definition) is 2. The van der Waals surface area contributed by atoms with Crippen molar-refractivity contribution in [3.63, 3.8) is 0 Å². The molecule has 0 radical (unpaired) electrons. The van der Waals surface area contributed by atoms with E-state index in [1.165, 1.54) is 30.0 Å². The smallest absolute Gasteiger partial charge is 0.335 e. The first-order chi connectivity index (χ1) is 16.4. The van der Waals surface area contributed by atoms with E-state index in [-0.39, 0.29) is 23.1 Å². The lowest BCUT2D eigenvalue weighted by Gasteiger charge is -2.17. The van der Waals surface area contributed by atoms with Gasteiger partial charge in [0.05, 0.1) is 17.1 Å². The number of aromatic amines is 1. The molecular weight excluding hydrogens is 477 g/mol. The van der Waals surface area contributed by atoms with Crippen LogP contribution in [0.3, 0.4) is 0 Å². The lowest BCUT2D eigenvalue weighted by atomic mass is 10.0. The molecule has 2 N–H and O–H groups in total. The molecule has 1 atom stereocenters. The zero-order valence-corrected chi connectivity index (χ0v) is 19.1. The molecule has 0 bridgehead atoms. The lowest BCUT2D eigenvalue weighted by molar-refractivity contribution is 0.429. The predicted molar refractivity (Wildman–Crippen MR) is 132 cm³/mol. The molecule has 0 saturated carbocycles. The van der Waals surface area contributed by atoms with Crippen LogP contribution < -0.4 is 11.2 Å². The minimum absolute atomic E-state index is 0.107. The first-order valence-electron chi connectivity index (χ1n) is 10.3. The number of aromatic nitrogens is 2. The van der Waals surface area contributed by atoms with Gasteiger partial charge in [-0.15, -0.1) is 11.8 Å². The molecule has 6 nitrogen and oxygen atoms in total. The third-order valence-electron chi connectivity index (χ3n) is 5.45. The Bertz CT molecular complexity index is 1550. The molecule has 1 aromatic heterocycles. The van der Waals surface area contributed by atoms with E-state index >= 15 is 0 Å². The Balaban J connectivity index is 1.71. The maximum Gasteiger partial charge on any atom is 0.335 e. The van der Waals surface area contributed by atoms with Gasteiger partial charge in [0, 0.05) is 21.6 Å². The zero-order chi connectivity index (χ0) is 23.8. The lowest BCUT2D eigenvalue weighted by Crippen LogP contribution is -2.33. The predicted octanol–water partition coefficient (Wildman–Crippen LogP) is 5.38. The number of nitrogens with one attached hydrogen (secondary N) is 1. The van der Waals surface area contributed by atoms with Crippen molar-refractivity contribution in [1.82, 2.24) is 9.55 Å². The van der Waals surface area contributed by atoms with Gasteiger partial charge in [0.1, 0.15) is 11.4 Å². The number of benzene rings is 3. The molecule has 2 heterocycles. The Hall–Kier alpha value is -3.62. The minimum atomic E-state index is -0.799.